The Kier molecular flexibility index (Phi) is 14.1. The van der Waals surface area contributed by atoms with Gasteiger partial charge < -0.3 is 45.6 Å². The van der Waals surface area contributed by atoms with Gasteiger partial charge in [-0.2, -0.15) is 4.31 Å². The molecular weight excluding hydrogens is 728 g/mol. The molecule has 16 heteroatoms. The minimum atomic E-state index is -3.90. The summed E-state index contributed by atoms with van der Waals surface area (Å²) in [5, 5.41) is 53.2. The highest BCUT2D eigenvalue weighted by molar-refractivity contribution is 7.89. The van der Waals surface area contributed by atoms with Crippen LogP contribution in [0.2, 0.25) is 5.02 Å². The van der Waals surface area contributed by atoms with E-state index in [1.54, 1.807) is 25.3 Å². The highest BCUT2D eigenvalue weighted by atomic mass is 35.5. The number of halogens is 1. The average molecular weight is 777 g/mol. The van der Waals surface area contributed by atoms with E-state index in [1.165, 1.54) is 10.4 Å². The highest BCUT2D eigenvalue weighted by Gasteiger charge is 2.48. The molecular formula is C37H49ClN4O10S. The molecule has 1 aromatic heterocycles. The number of hydrogen-bond acceptors (Lipinski definition) is 11. The van der Waals surface area contributed by atoms with Crippen molar-refractivity contribution in [2.24, 2.45) is 0 Å². The third kappa shape index (κ3) is 10.2. The molecule has 2 aliphatic carbocycles. The smallest absolute Gasteiger partial charge is 0.315 e. The molecule has 1 heterocycles. The number of aromatic nitrogens is 1. The number of hydrogen-bond donors (Lipinski definition) is 7. The Morgan fingerprint density at radius 1 is 1.04 bits per heavy atom. The fourth-order valence-electron chi connectivity index (χ4n) is 6.04. The van der Waals surface area contributed by atoms with Crippen LogP contribution >= 0.6 is 11.6 Å². The number of rotatable bonds is 21. The van der Waals surface area contributed by atoms with E-state index >= 15 is 0 Å². The number of carbonyl (C=O) groups excluding carboxylic acids is 1. The van der Waals surface area contributed by atoms with Crippen LogP contribution in [0.1, 0.15) is 56.6 Å². The molecule has 0 radical (unpaired) electrons. The Morgan fingerprint density at radius 2 is 1.79 bits per heavy atom. The van der Waals surface area contributed by atoms with Crippen LogP contribution < -0.4 is 15.4 Å². The first-order valence-corrected chi connectivity index (χ1v) is 19.7. The molecule has 53 heavy (non-hydrogen) atoms. The summed E-state index contributed by atoms with van der Waals surface area (Å²) in [6.45, 7) is 0.820. The maximum Gasteiger partial charge on any atom is 0.315 e. The Balaban J connectivity index is 1.17. The van der Waals surface area contributed by atoms with Gasteiger partial charge in [-0.15, -0.1) is 0 Å². The van der Waals surface area contributed by atoms with Gasteiger partial charge in [-0.1, -0.05) is 36.7 Å². The second-order valence-corrected chi connectivity index (χ2v) is 15.7. The molecule has 0 saturated heterocycles. The molecule has 2 aliphatic rings. The number of pyridine rings is 1. The normalized spacial score (nSPS) is 17.5. The molecule has 2 amide bonds. The van der Waals surface area contributed by atoms with Crippen LogP contribution in [-0.2, 0) is 27.0 Å². The number of nitrogens with zero attached hydrogens (tertiary/aromatic N) is 2. The van der Waals surface area contributed by atoms with Gasteiger partial charge >= 0.3 is 6.03 Å². The zero-order valence-corrected chi connectivity index (χ0v) is 31.2. The number of aliphatic hydroxyl groups excluding tert-OH is 5. The number of sulfonamides is 1. The average Bonchev–Trinajstić information content (AvgIpc) is 4.12. The van der Waals surface area contributed by atoms with Gasteiger partial charge in [0.15, 0.2) is 0 Å². The Hall–Kier alpha value is -3.38. The monoisotopic (exact) mass is 776 g/mol. The van der Waals surface area contributed by atoms with E-state index in [0.717, 1.165) is 48.1 Å². The van der Waals surface area contributed by atoms with Crippen LogP contribution in [0.4, 0.5) is 4.79 Å². The van der Waals surface area contributed by atoms with Crippen LogP contribution in [-0.4, -0.2) is 113 Å². The van der Waals surface area contributed by atoms with E-state index in [2.05, 4.69) is 15.6 Å². The van der Waals surface area contributed by atoms with E-state index in [4.69, 9.17) is 26.2 Å². The van der Waals surface area contributed by atoms with Gasteiger partial charge in [-0.25, -0.2) is 13.2 Å². The van der Waals surface area contributed by atoms with E-state index < -0.39 is 59.2 Å². The van der Waals surface area contributed by atoms with Crippen LogP contribution in [0.5, 0.6) is 5.75 Å². The molecule has 14 nitrogen and oxygen atoms in total. The third-order valence-corrected chi connectivity index (χ3v) is 11.8. The summed E-state index contributed by atoms with van der Waals surface area (Å²) < 4.78 is 41.6. The lowest BCUT2D eigenvalue weighted by atomic mass is 9.96. The van der Waals surface area contributed by atoms with Crippen molar-refractivity contribution in [2.75, 3.05) is 32.8 Å². The fourth-order valence-corrected chi connectivity index (χ4v) is 7.75. The summed E-state index contributed by atoms with van der Waals surface area (Å²) in [6, 6.07) is 12.5. The Labute approximate surface area is 314 Å². The van der Waals surface area contributed by atoms with Gasteiger partial charge in [0.05, 0.1) is 42.5 Å². The van der Waals surface area contributed by atoms with Crippen LogP contribution in [0.15, 0.2) is 65.8 Å². The summed E-state index contributed by atoms with van der Waals surface area (Å²) in [6.07, 6.45) is 3.09. The van der Waals surface area contributed by atoms with Gasteiger partial charge in [0.1, 0.15) is 24.1 Å². The topological polar surface area (TPSA) is 211 Å². The number of urea groups is 1. The summed E-state index contributed by atoms with van der Waals surface area (Å²) in [4.78, 5) is 16.8. The molecule has 0 aliphatic heterocycles. The van der Waals surface area contributed by atoms with Gasteiger partial charge in [-0.05, 0) is 80.0 Å². The maximum absolute atomic E-state index is 13.7. The molecule has 0 spiro atoms. The van der Waals surface area contributed by atoms with E-state index in [9.17, 15) is 33.6 Å². The first-order chi connectivity index (χ1) is 25.4. The van der Waals surface area contributed by atoms with Crippen molar-refractivity contribution in [2.45, 2.75) is 93.0 Å². The fraction of sp³-hybridized carbons (Fsp3) is 0.514. The Bertz CT molecular complexity index is 1790. The highest BCUT2D eigenvalue weighted by Crippen LogP contribution is 2.53. The number of nitrogens with one attached hydrogen (secondary N) is 2. The number of ether oxygens (including phenoxy) is 2. The molecule has 0 unspecified atom stereocenters. The molecule has 2 saturated carbocycles. The maximum atomic E-state index is 13.7. The largest absolute Gasteiger partial charge is 0.490 e. The van der Waals surface area contributed by atoms with Crippen LogP contribution in [0.3, 0.4) is 0 Å². The van der Waals surface area contributed by atoms with Crippen molar-refractivity contribution in [3.8, 4) is 16.9 Å². The van der Waals surface area contributed by atoms with Crippen molar-refractivity contribution >= 4 is 27.7 Å². The number of benzene rings is 2. The van der Waals surface area contributed by atoms with E-state index in [1.807, 2.05) is 36.5 Å². The minimum absolute atomic E-state index is 0.0834. The predicted molar refractivity (Wildman–Crippen MR) is 197 cm³/mol. The lowest BCUT2D eigenvalue weighted by molar-refractivity contribution is -0.0902. The van der Waals surface area contributed by atoms with Crippen molar-refractivity contribution < 1.29 is 48.2 Å². The molecule has 3 aromatic rings. The Morgan fingerprint density at radius 3 is 2.47 bits per heavy atom. The third-order valence-electron chi connectivity index (χ3n) is 9.50. The van der Waals surface area contributed by atoms with Crippen LogP contribution in [0, 0.1) is 0 Å². The predicted octanol–water partition coefficient (Wildman–Crippen LogP) is 2.68. The quantitative estimate of drug-likeness (QED) is 0.0782. The summed E-state index contributed by atoms with van der Waals surface area (Å²) in [5.74, 6) is 0.823. The molecule has 4 atom stereocenters. The second-order valence-electron chi connectivity index (χ2n) is 13.4. The van der Waals surface area contributed by atoms with Crippen molar-refractivity contribution in [1.82, 2.24) is 19.9 Å². The number of carbonyl (C=O) groups is 1. The SMILES string of the molecule is CCN(CCCCNC(=O)N[C@@H](CO)[C@@H](O)[C@H](O)[C@H](O)CO)S(=O)(=O)c1ccc(Cl)c(COC2(c3cnccc3-c3ccccc3OC3CC3)CC2)c1. The summed E-state index contributed by atoms with van der Waals surface area (Å²) >= 11 is 6.58. The van der Waals surface area contributed by atoms with Crippen molar-refractivity contribution in [3.05, 3.63) is 77.1 Å². The van der Waals surface area contributed by atoms with Crippen molar-refractivity contribution in [1.29, 1.82) is 0 Å². The van der Waals surface area contributed by atoms with Crippen molar-refractivity contribution in [3.63, 3.8) is 0 Å². The molecule has 0 bridgehead atoms. The summed E-state index contributed by atoms with van der Waals surface area (Å²) in [5.41, 5.74) is 2.83. The standard InChI is InChI=1S/C37H49ClN4O10S/c1-2-42(18-6-5-16-40-36(48)41-31(21-43)34(46)35(47)32(45)22-44)53(49,50)26-11-12-30(38)24(19-26)23-51-37(14-15-37)29-20-39-17-13-27(29)28-7-3-4-8-33(28)52-25-9-10-25/h3-4,7-8,11-13,17,19-20,25,31-32,34-35,43-47H,2,5-6,9-10,14-16,18,21-23H2,1H3,(H2,40,41,48)/t31-,32+,34+,35+/m0/s1. The van der Waals surface area contributed by atoms with E-state index in [-0.39, 0.29) is 37.2 Å². The minimum Gasteiger partial charge on any atom is -0.490 e. The number of para-hydroxylation sites is 1. The lowest BCUT2D eigenvalue weighted by Gasteiger charge is -2.28. The number of aliphatic hydroxyl groups is 5. The molecule has 290 valence electrons. The van der Waals surface area contributed by atoms with Gasteiger partial charge in [0.2, 0.25) is 10.0 Å². The van der Waals surface area contributed by atoms with E-state index in [0.29, 0.717) is 23.4 Å². The van der Waals surface area contributed by atoms with Gasteiger partial charge in [0, 0.05) is 48.2 Å². The van der Waals surface area contributed by atoms with Crippen LogP contribution in [0.25, 0.3) is 11.1 Å². The molecule has 5 rings (SSSR count). The molecule has 2 fully saturated rings. The number of amides is 2. The molecule has 2 aromatic carbocycles. The summed E-state index contributed by atoms with van der Waals surface area (Å²) in [7, 11) is -3.90. The molecule has 7 N–H and O–H groups in total. The zero-order chi connectivity index (χ0) is 38.2. The van der Waals surface area contributed by atoms with Gasteiger partial charge in [0.25, 0.3) is 0 Å². The zero-order valence-electron chi connectivity index (χ0n) is 29.6. The second kappa shape index (κ2) is 18.3. The first kappa shape index (κ1) is 40.8. The lowest BCUT2D eigenvalue weighted by Crippen LogP contribution is -2.56. The number of unbranched alkanes of at least 4 members (excludes halogenated alkanes) is 1. The van der Waals surface area contributed by atoms with Gasteiger partial charge in [-0.3, -0.25) is 4.98 Å². The first-order valence-electron chi connectivity index (χ1n) is 17.9.